The zero-order valence-electron chi connectivity index (χ0n) is 9.77. The Hall–Kier alpha value is -1.80. The van der Waals surface area contributed by atoms with Crippen molar-refractivity contribution in [3.05, 3.63) is 23.8 Å². The normalized spacial score (nSPS) is 19.2. The van der Waals surface area contributed by atoms with Crippen LogP contribution in [-0.4, -0.2) is 30.2 Å². The van der Waals surface area contributed by atoms with Crippen molar-refractivity contribution in [2.45, 2.75) is 25.4 Å². The van der Waals surface area contributed by atoms with Crippen molar-refractivity contribution in [1.82, 2.24) is 0 Å². The highest BCUT2D eigenvalue weighted by molar-refractivity contribution is 7.81. The number of carbonyl (C=O) groups excluding carboxylic acids is 1. The van der Waals surface area contributed by atoms with E-state index in [1.165, 1.54) is 12.1 Å². The molecule has 1 aromatic carbocycles. The lowest BCUT2D eigenvalue weighted by molar-refractivity contribution is -0.141. The summed E-state index contributed by atoms with van der Waals surface area (Å²) < 4.78 is 39.0. The Morgan fingerprint density at radius 1 is 1.37 bits per heavy atom. The molecule has 0 unspecified atom stereocenters. The number of phenols is 1. The van der Waals surface area contributed by atoms with Gasteiger partial charge in [-0.05, 0) is 24.1 Å². The molecule has 0 saturated carbocycles. The standard InChI is InChI=1S/C11H12O7S/c12-8-3-7(4-9-1-2-11(13)17-9)5-10(6-8)18-19(14,15)16/h3,5-6,9,12H,1-2,4H2,(H,14,15,16)/t9-/m1/s1. The van der Waals surface area contributed by atoms with E-state index >= 15 is 0 Å². The molecule has 1 saturated heterocycles. The van der Waals surface area contributed by atoms with Crippen LogP contribution in [0, 0.1) is 0 Å². The van der Waals surface area contributed by atoms with Gasteiger partial charge >= 0.3 is 16.4 Å². The van der Waals surface area contributed by atoms with E-state index in [0.29, 0.717) is 24.8 Å². The Bertz CT molecular complexity index is 593. The molecule has 0 amide bonds. The van der Waals surface area contributed by atoms with E-state index < -0.39 is 10.4 Å². The van der Waals surface area contributed by atoms with Crippen LogP contribution in [0.2, 0.25) is 0 Å². The van der Waals surface area contributed by atoms with E-state index in [0.717, 1.165) is 6.07 Å². The molecule has 1 heterocycles. The number of phenolic OH excluding ortho intramolecular Hbond substituents is 1. The first-order valence-corrected chi connectivity index (χ1v) is 6.88. The first-order valence-electron chi connectivity index (χ1n) is 5.51. The van der Waals surface area contributed by atoms with Gasteiger partial charge in [-0.3, -0.25) is 9.35 Å². The molecule has 8 heteroatoms. The largest absolute Gasteiger partial charge is 0.508 e. The monoisotopic (exact) mass is 288 g/mol. The lowest BCUT2D eigenvalue weighted by Gasteiger charge is -2.10. The van der Waals surface area contributed by atoms with Gasteiger partial charge in [0.05, 0.1) is 0 Å². The number of rotatable bonds is 4. The van der Waals surface area contributed by atoms with Crippen LogP contribution < -0.4 is 4.18 Å². The van der Waals surface area contributed by atoms with Gasteiger partial charge in [0, 0.05) is 18.9 Å². The number of cyclic esters (lactones) is 1. The van der Waals surface area contributed by atoms with Gasteiger partial charge in [0.1, 0.15) is 17.6 Å². The fourth-order valence-electron chi connectivity index (χ4n) is 1.92. The van der Waals surface area contributed by atoms with Crippen LogP contribution in [0.3, 0.4) is 0 Å². The predicted octanol–water partition coefficient (Wildman–Crippen LogP) is 0.822. The summed E-state index contributed by atoms with van der Waals surface area (Å²) in [5.74, 6) is -0.693. The highest BCUT2D eigenvalue weighted by Crippen LogP contribution is 2.26. The Kier molecular flexibility index (Phi) is 3.63. The maximum absolute atomic E-state index is 11.0. The second-order valence-electron chi connectivity index (χ2n) is 4.20. The van der Waals surface area contributed by atoms with Crippen molar-refractivity contribution in [2.75, 3.05) is 0 Å². The van der Waals surface area contributed by atoms with E-state index in [1.54, 1.807) is 0 Å². The summed E-state index contributed by atoms with van der Waals surface area (Å²) in [6.45, 7) is 0. The number of carbonyl (C=O) groups is 1. The van der Waals surface area contributed by atoms with Gasteiger partial charge in [0.25, 0.3) is 0 Å². The number of aromatic hydroxyl groups is 1. The third kappa shape index (κ3) is 4.11. The summed E-state index contributed by atoms with van der Waals surface area (Å²) in [4.78, 5) is 11.0. The van der Waals surface area contributed by atoms with E-state index in [2.05, 4.69) is 4.18 Å². The highest BCUT2D eigenvalue weighted by atomic mass is 32.3. The van der Waals surface area contributed by atoms with Crippen molar-refractivity contribution in [1.29, 1.82) is 0 Å². The van der Waals surface area contributed by atoms with Crippen LogP contribution in [0.1, 0.15) is 18.4 Å². The van der Waals surface area contributed by atoms with Crippen molar-refractivity contribution in [2.24, 2.45) is 0 Å². The molecule has 0 radical (unpaired) electrons. The molecule has 1 aromatic rings. The molecule has 19 heavy (non-hydrogen) atoms. The second-order valence-corrected chi connectivity index (χ2v) is 5.22. The minimum absolute atomic E-state index is 0.207. The van der Waals surface area contributed by atoms with E-state index in [-0.39, 0.29) is 23.6 Å². The lowest BCUT2D eigenvalue weighted by Crippen LogP contribution is -2.11. The average molecular weight is 288 g/mol. The highest BCUT2D eigenvalue weighted by Gasteiger charge is 2.23. The van der Waals surface area contributed by atoms with Gasteiger partial charge in [-0.25, -0.2) is 0 Å². The van der Waals surface area contributed by atoms with E-state index in [1.807, 2.05) is 0 Å². The molecule has 2 rings (SSSR count). The van der Waals surface area contributed by atoms with Gasteiger partial charge in [-0.1, -0.05) is 0 Å². The molecule has 1 fully saturated rings. The Labute approximate surface area is 109 Å². The molecular formula is C11H12O7S. The smallest absolute Gasteiger partial charge is 0.446 e. The van der Waals surface area contributed by atoms with Crippen LogP contribution in [0.4, 0.5) is 0 Å². The Morgan fingerprint density at radius 2 is 2.11 bits per heavy atom. The van der Waals surface area contributed by atoms with E-state index in [9.17, 15) is 18.3 Å². The maximum atomic E-state index is 11.0. The van der Waals surface area contributed by atoms with Crippen LogP contribution in [0.5, 0.6) is 11.5 Å². The van der Waals surface area contributed by atoms with Gasteiger partial charge < -0.3 is 14.0 Å². The van der Waals surface area contributed by atoms with Crippen molar-refractivity contribution < 1.29 is 31.8 Å². The summed E-state index contributed by atoms with van der Waals surface area (Å²) in [6, 6.07) is 3.81. The zero-order chi connectivity index (χ0) is 14.0. The van der Waals surface area contributed by atoms with Crippen LogP contribution in [0.25, 0.3) is 0 Å². The number of hydrogen-bond donors (Lipinski definition) is 2. The molecule has 1 atom stereocenters. The molecule has 1 aliphatic heterocycles. The topological polar surface area (TPSA) is 110 Å². The average Bonchev–Trinajstić information content (AvgIpc) is 2.60. The Balaban J connectivity index is 2.14. The summed E-state index contributed by atoms with van der Waals surface area (Å²) in [6.07, 6.45) is 0.955. The first-order chi connectivity index (χ1) is 8.82. The summed E-state index contributed by atoms with van der Waals surface area (Å²) in [7, 11) is -4.64. The molecule has 0 aliphatic carbocycles. The molecule has 2 N–H and O–H groups in total. The van der Waals surface area contributed by atoms with Crippen molar-refractivity contribution in [3.63, 3.8) is 0 Å². The van der Waals surface area contributed by atoms with Crippen LogP contribution in [0.15, 0.2) is 18.2 Å². The molecular weight excluding hydrogens is 276 g/mol. The minimum Gasteiger partial charge on any atom is -0.508 e. The summed E-state index contributed by atoms with van der Waals surface area (Å²) in [5.41, 5.74) is 0.540. The molecule has 0 spiro atoms. The van der Waals surface area contributed by atoms with Crippen LogP contribution in [-0.2, 0) is 26.4 Å². The van der Waals surface area contributed by atoms with Gasteiger partial charge in [0.15, 0.2) is 0 Å². The number of benzene rings is 1. The number of hydrogen-bond acceptors (Lipinski definition) is 6. The molecule has 0 bridgehead atoms. The zero-order valence-corrected chi connectivity index (χ0v) is 10.6. The fraction of sp³-hybridized carbons (Fsp3) is 0.364. The molecule has 7 nitrogen and oxygen atoms in total. The van der Waals surface area contributed by atoms with Gasteiger partial charge in [-0.2, -0.15) is 8.42 Å². The van der Waals surface area contributed by atoms with E-state index in [4.69, 9.17) is 9.29 Å². The predicted molar refractivity (Wildman–Crippen MR) is 63.1 cm³/mol. The number of ether oxygens (including phenoxy) is 1. The third-order valence-corrected chi connectivity index (χ3v) is 2.99. The SMILES string of the molecule is O=C1CC[C@H](Cc2cc(O)cc(OS(=O)(=O)O)c2)O1. The lowest BCUT2D eigenvalue weighted by atomic mass is 10.1. The second kappa shape index (κ2) is 5.06. The summed E-state index contributed by atoms with van der Waals surface area (Å²) >= 11 is 0. The van der Waals surface area contributed by atoms with Gasteiger partial charge in [-0.15, -0.1) is 0 Å². The fourth-order valence-corrected chi connectivity index (χ4v) is 2.26. The summed E-state index contributed by atoms with van der Waals surface area (Å²) in [5, 5.41) is 9.45. The molecule has 104 valence electrons. The van der Waals surface area contributed by atoms with Crippen molar-refractivity contribution in [3.8, 4) is 11.5 Å². The minimum atomic E-state index is -4.64. The first kappa shape index (κ1) is 13.6. The molecule has 1 aliphatic rings. The third-order valence-electron chi connectivity index (χ3n) is 2.58. The van der Waals surface area contributed by atoms with Gasteiger partial charge in [0.2, 0.25) is 0 Å². The Morgan fingerprint density at radius 3 is 2.68 bits per heavy atom. The van der Waals surface area contributed by atoms with Crippen molar-refractivity contribution >= 4 is 16.4 Å². The van der Waals surface area contributed by atoms with Crippen LogP contribution >= 0.6 is 0 Å². The number of esters is 1. The quantitative estimate of drug-likeness (QED) is 0.623. The molecule has 0 aromatic heterocycles. The maximum Gasteiger partial charge on any atom is 0.446 e.